The second kappa shape index (κ2) is 8.95. The zero-order valence-corrected chi connectivity index (χ0v) is 17.8. The van der Waals surface area contributed by atoms with Crippen LogP contribution in [0, 0.1) is 10.1 Å². The quantitative estimate of drug-likeness (QED) is 0.281. The topological polar surface area (TPSA) is 111 Å². The highest BCUT2D eigenvalue weighted by Crippen LogP contribution is 2.35. The highest BCUT2D eigenvalue weighted by atomic mass is 79.9. The van der Waals surface area contributed by atoms with Gasteiger partial charge in [0.1, 0.15) is 12.3 Å². The van der Waals surface area contributed by atoms with Crippen LogP contribution in [0.15, 0.2) is 46.6 Å². The van der Waals surface area contributed by atoms with E-state index in [-0.39, 0.29) is 18.0 Å². The van der Waals surface area contributed by atoms with E-state index in [1.165, 1.54) is 19.2 Å². The standard InChI is InChI=1S/C20H18BrN3O6/c1-3-29-17-9-13(8-16-19(25)23(2)20(26)22-16)15(21)10-18(17)30-11-12-4-6-14(7-5-12)24(27)28/h4-10H,3,11H2,1-2H3,(H,22,26)/b16-8+. The maximum atomic E-state index is 12.1. The minimum atomic E-state index is -0.490. The number of carbonyl (C=O) groups is 2. The zero-order valence-electron chi connectivity index (χ0n) is 16.2. The summed E-state index contributed by atoms with van der Waals surface area (Å²) in [6.07, 6.45) is 1.55. The number of nitrogens with one attached hydrogen (secondary N) is 1. The summed E-state index contributed by atoms with van der Waals surface area (Å²) in [5.41, 5.74) is 1.55. The van der Waals surface area contributed by atoms with Crippen LogP contribution in [0.3, 0.4) is 0 Å². The van der Waals surface area contributed by atoms with E-state index < -0.39 is 16.9 Å². The fraction of sp³-hybridized carbons (Fsp3) is 0.200. The summed E-state index contributed by atoms with van der Waals surface area (Å²) in [6, 6.07) is 8.98. The molecule has 2 aromatic rings. The van der Waals surface area contributed by atoms with E-state index in [9.17, 15) is 19.7 Å². The van der Waals surface area contributed by atoms with E-state index >= 15 is 0 Å². The molecule has 0 spiro atoms. The van der Waals surface area contributed by atoms with Crippen molar-refractivity contribution < 1.29 is 24.0 Å². The first kappa shape index (κ1) is 21.3. The first-order chi connectivity index (χ1) is 14.3. The second-order valence-corrected chi connectivity index (χ2v) is 7.17. The molecule has 0 bridgehead atoms. The molecule has 1 N–H and O–H groups in total. The summed E-state index contributed by atoms with van der Waals surface area (Å²) in [5.74, 6) is 0.492. The molecule has 0 saturated carbocycles. The number of benzene rings is 2. The number of non-ortho nitro benzene ring substituents is 1. The molecule has 1 aliphatic heterocycles. The Morgan fingerprint density at radius 1 is 1.17 bits per heavy atom. The Balaban J connectivity index is 1.83. The Hall–Kier alpha value is -3.40. The monoisotopic (exact) mass is 475 g/mol. The molecule has 1 saturated heterocycles. The average Bonchev–Trinajstić information content (AvgIpc) is 2.96. The number of carbonyl (C=O) groups excluding carboxylic acids is 2. The summed E-state index contributed by atoms with van der Waals surface area (Å²) in [6.45, 7) is 2.41. The molecule has 9 nitrogen and oxygen atoms in total. The summed E-state index contributed by atoms with van der Waals surface area (Å²) >= 11 is 3.45. The lowest BCUT2D eigenvalue weighted by atomic mass is 10.1. The lowest BCUT2D eigenvalue weighted by Crippen LogP contribution is -2.25. The Bertz CT molecular complexity index is 1040. The number of likely N-dealkylation sites (N-methyl/N-ethyl adjacent to an activating group) is 1. The lowest BCUT2D eigenvalue weighted by molar-refractivity contribution is -0.384. The molecule has 1 heterocycles. The van der Waals surface area contributed by atoms with Crippen molar-refractivity contribution in [3.05, 3.63) is 67.8 Å². The van der Waals surface area contributed by atoms with Crippen molar-refractivity contribution in [2.75, 3.05) is 13.7 Å². The first-order valence-electron chi connectivity index (χ1n) is 8.93. The SMILES string of the molecule is CCOc1cc(/C=C2/NC(=O)N(C)C2=O)c(Br)cc1OCc1ccc([N+](=O)[O-])cc1. The Kier molecular flexibility index (Phi) is 6.36. The van der Waals surface area contributed by atoms with Gasteiger partial charge in [0.05, 0.1) is 11.5 Å². The molecule has 3 amide bonds. The third-order valence-electron chi connectivity index (χ3n) is 4.29. The lowest BCUT2D eigenvalue weighted by Gasteiger charge is -2.14. The Morgan fingerprint density at radius 3 is 2.40 bits per heavy atom. The van der Waals surface area contributed by atoms with Gasteiger partial charge in [0.2, 0.25) is 0 Å². The van der Waals surface area contributed by atoms with E-state index in [4.69, 9.17) is 9.47 Å². The molecule has 3 rings (SSSR count). The van der Waals surface area contributed by atoms with Crippen molar-refractivity contribution in [1.82, 2.24) is 10.2 Å². The van der Waals surface area contributed by atoms with E-state index in [0.29, 0.717) is 28.1 Å². The molecule has 1 fully saturated rings. The van der Waals surface area contributed by atoms with Crippen LogP contribution in [0.2, 0.25) is 0 Å². The molecule has 2 aromatic carbocycles. The molecule has 0 atom stereocenters. The molecular weight excluding hydrogens is 458 g/mol. The van der Waals surface area contributed by atoms with E-state index in [0.717, 1.165) is 10.5 Å². The summed E-state index contributed by atoms with van der Waals surface area (Å²) < 4.78 is 12.1. The van der Waals surface area contributed by atoms with Crippen molar-refractivity contribution in [1.29, 1.82) is 0 Å². The van der Waals surface area contributed by atoms with Crippen LogP contribution < -0.4 is 14.8 Å². The zero-order chi connectivity index (χ0) is 21.8. The molecule has 0 aliphatic carbocycles. The van der Waals surface area contributed by atoms with Gasteiger partial charge >= 0.3 is 6.03 Å². The van der Waals surface area contributed by atoms with Crippen LogP contribution in [0.1, 0.15) is 18.1 Å². The van der Waals surface area contributed by atoms with Crippen LogP contribution in [-0.4, -0.2) is 35.4 Å². The molecule has 0 radical (unpaired) electrons. The largest absolute Gasteiger partial charge is 0.490 e. The number of nitro groups is 1. The molecule has 1 aliphatic rings. The molecule has 10 heteroatoms. The van der Waals surface area contributed by atoms with Crippen LogP contribution >= 0.6 is 15.9 Å². The van der Waals surface area contributed by atoms with Gasteiger partial charge in [-0.05, 0) is 48.4 Å². The summed E-state index contributed by atoms with van der Waals surface area (Å²) in [4.78, 5) is 35.0. The number of hydrogen-bond acceptors (Lipinski definition) is 6. The van der Waals surface area contributed by atoms with Crippen LogP contribution in [0.4, 0.5) is 10.5 Å². The van der Waals surface area contributed by atoms with Gasteiger partial charge in [-0.1, -0.05) is 15.9 Å². The Morgan fingerprint density at radius 2 is 1.83 bits per heavy atom. The maximum absolute atomic E-state index is 12.1. The number of rotatable bonds is 7. The number of ether oxygens (including phenoxy) is 2. The van der Waals surface area contributed by atoms with E-state index in [1.54, 1.807) is 30.3 Å². The number of amides is 3. The third-order valence-corrected chi connectivity index (χ3v) is 4.97. The van der Waals surface area contributed by atoms with E-state index in [1.807, 2.05) is 6.92 Å². The number of nitro benzene ring substituents is 1. The fourth-order valence-electron chi connectivity index (χ4n) is 2.70. The minimum absolute atomic E-state index is 0.00749. The van der Waals surface area contributed by atoms with Gasteiger partial charge in [0, 0.05) is 23.7 Å². The van der Waals surface area contributed by atoms with Gasteiger partial charge in [0.25, 0.3) is 11.6 Å². The van der Waals surface area contributed by atoms with Crippen molar-refractivity contribution in [3.63, 3.8) is 0 Å². The van der Waals surface area contributed by atoms with Crippen LogP contribution in [0.5, 0.6) is 11.5 Å². The smallest absolute Gasteiger partial charge is 0.328 e. The van der Waals surface area contributed by atoms with Gasteiger partial charge in [-0.25, -0.2) is 4.79 Å². The van der Waals surface area contributed by atoms with Crippen molar-refractivity contribution >= 4 is 39.6 Å². The Labute approximate surface area is 180 Å². The van der Waals surface area contributed by atoms with Gasteiger partial charge < -0.3 is 14.8 Å². The van der Waals surface area contributed by atoms with Crippen molar-refractivity contribution in [3.8, 4) is 11.5 Å². The number of imide groups is 1. The third kappa shape index (κ3) is 4.60. The number of halogens is 1. The fourth-order valence-corrected chi connectivity index (χ4v) is 3.13. The normalized spacial score (nSPS) is 14.8. The molecule has 30 heavy (non-hydrogen) atoms. The molecule has 0 aromatic heterocycles. The summed E-state index contributed by atoms with van der Waals surface area (Å²) in [7, 11) is 1.40. The predicted molar refractivity (Wildman–Crippen MR) is 112 cm³/mol. The molecule has 156 valence electrons. The predicted octanol–water partition coefficient (Wildman–Crippen LogP) is 3.86. The summed E-state index contributed by atoms with van der Waals surface area (Å²) in [5, 5.41) is 13.3. The van der Waals surface area contributed by atoms with Gasteiger partial charge in [0.15, 0.2) is 11.5 Å². The number of nitrogens with zero attached hydrogens (tertiary/aromatic N) is 2. The number of hydrogen-bond donors (Lipinski definition) is 1. The maximum Gasteiger partial charge on any atom is 0.328 e. The van der Waals surface area contributed by atoms with E-state index in [2.05, 4.69) is 21.2 Å². The van der Waals surface area contributed by atoms with Gasteiger partial charge in [-0.3, -0.25) is 19.8 Å². The highest BCUT2D eigenvalue weighted by molar-refractivity contribution is 9.10. The van der Waals surface area contributed by atoms with Gasteiger partial charge in [-0.15, -0.1) is 0 Å². The van der Waals surface area contributed by atoms with Gasteiger partial charge in [-0.2, -0.15) is 0 Å². The second-order valence-electron chi connectivity index (χ2n) is 6.32. The van der Waals surface area contributed by atoms with Crippen LogP contribution in [0.25, 0.3) is 6.08 Å². The molecular formula is C20H18BrN3O6. The highest BCUT2D eigenvalue weighted by Gasteiger charge is 2.30. The molecule has 0 unspecified atom stereocenters. The first-order valence-corrected chi connectivity index (χ1v) is 9.72. The van der Waals surface area contributed by atoms with Crippen LogP contribution in [-0.2, 0) is 11.4 Å². The van der Waals surface area contributed by atoms with Crippen molar-refractivity contribution in [2.24, 2.45) is 0 Å². The average molecular weight is 476 g/mol. The van der Waals surface area contributed by atoms with Crippen molar-refractivity contribution in [2.45, 2.75) is 13.5 Å². The number of urea groups is 1. The minimum Gasteiger partial charge on any atom is -0.490 e.